The summed E-state index contributed by atoms with van der Waals surface area (Å²) >= 11 is 4.93. The Morgan fingerprint density at radius 3 is 2.93 bits per heavy atom. The van der Waals surface area contributed by atoms with Gasteiger partial charge in [0.15, 0.2) is 0 Å². The van der Waals surface area contributed by atoms with Crippen LogP contribution in [0, 0.1) is 0 Å². The molecule has 0 fully saturated rings. The minimum atomic E-state index is 0.335. The van der Waals surface area contributed by atoms with E-state index < -0.39 is 0 Å². The van der Waals surface area contributed by atoms with Crippen molar-refractivity contribution in [2.75, 3.05) is 0 Å². The lowest BCUT2D eigenvalue weighted by molar-refractivity contribution is 0.989. The van der Waals surface area contributed by atoms with E-state index in [1.54, 1.807) is 35.6 Å². The molecular weight excluding hydrogens is 196 g/mol. The summed E-state index contributed by atoms with van der Waals surface area (Å²) in [7, 11) is 0. The lowest BCUT2D eigenvalue weighted by atomic mass is 10.2. The van der Waals surface area contributed by atoms with Gasteiger partial charge in [-0.05, 0) is 12.1 Å². The summed E-state index contributed by atoms with van der Waals surface area (Å²) in [6, 6.07) is 3.64. The molecule has 0 bridgehead atoms. The predicted molar refractivity (Wildman–Crippen MR) is 57.2 cm³/mol. The minimum Gasteiger partial charge on any atom is -0.389 e. The van der Waals surface area contributed by atoms with E-state index in [9.17, 15) is 0 Å². The van der Waals surface area contributed by atoms with Crippen LogP contribution in [0.5, 0.6) is 0 Å². The van der Waals surface area contributed by atoms with E-state index in [1.165, 1.54) is 0 Å². The fourth-order valence-corrected chi connectivity index (χ4v) is 1.34. The smallest absolute Gasteiger partial charge is 0.148 e. The summed E-state index contributed by atoms with van der Waals surface area (Å²) in [5.74, 6) is 0.706. The molecule has 0 atom stereocenters. The van der Waals surface area contributed by atoms with Gasteiger partial charge in [0.25, 0.3) is 0 Å². The molecule has 2 aromatic rings. The van der Waals surface area contributed by atoms with Crippen molar-refractivity contribution in [2.24, 2.45) is 5.73 Å². The maximum Gasteiger partial charge on any atom is 0.148 e. The highest BCUT2D eigenvalue weighted by atomic mass is 32.1. The van der Waals surface area contributed by atoms with Crippen LogP contribution in [0.25, 0.3) is 5.82 Å². The van der Waals surface area contributed by atoms with E-state index in [1.807, 2.05) is 6.07 Å². The van der Waals surface area contributed by atoms with Crippen LogP contribution in [0.3, 0.4) is 0 Å². The molecule has 5 heteroatoms. The summed E-state index contributed by atoms with van der Waals surface area (Å²) in [6.07, 6.45) is 6.82. The molecule has 14 heavy (non-hydrogen) atoms. The molecule has 0 aliphatic heterocycles. The summed E-state index contributed by atoms with van der Waals surface area (Å²) in [6.45, 7) is 0. The highest BCUT2D eigenvalue weighted by Crippen LogP contribution is 2.10. The van der Waals surface area contributed by atoms with Gasteiger partial charge in [-0.25, -0.2) is 9.97 Å². The van der Waals surface area contributed by atoms with E-state index in [0.717, 1.165) is 5.56 Å². The first-order chi connectivity index (χ1) is 6.79. The molecule has 0 spiro atoms. The van der Waals surface area contributed by atoms with Crippen LogP contribution in [0.4, 0.5) is 0 Å². The first-order valence-corrected chi connectivity index (χ1v) is 4.43. The van der Waals surface area contributed by atoms with Gasteiger partial charge in [0.1, 0.15) is 17.1 Å². The second kappa shape index (κ2) is 3.55. The maximum absolute atomic E-state index is 5.58. The van der Waals surface area contributed by atoms with Gasteiger partial charge in [-0.3, -0.25) is 4.57 Å². The zero-order valence-corrected chi connectivity index (χ0v) is 8.11. The minimum absolute atomic E-state index is 0.335. The molecule has 0 saturated carbocycles. The van der Waals surface area contributed by atoms with Crippen LogP contribution in [-0.4, -0.2) is 19.5 Å². The Bertz CT molecular complexity index is 450. The number of imidazole rings is 1. The average molecular weight is 204 g/mol. The molecule has 0 unspecified atom stereocenters. The van der Waals surface area contributed by atoms with E-state index in [0.29, 0.717) is 10.8 Å². The number of nitrogens with zero attached hydrogens (tertiary/aromatic N) is 3. The molecule has 0 radical (unpaired) electrons. The molecule has 2 N–H and O–H groups in total. The molecule has 0 aliphatic rings. The van der Waals surface area contributed by atoms with Gasteiger partial charge in [-0.2, -0.15) is 0 Å². The fourth-order valence-electron chi connectivity index (χ4n) is 1.18. The Morgan fingerprint density at radius 2 is 2.29 bits per heavy atom. The van der Waals surface area contributed by atoms with Gasteiger partial charge in [0, 0.05) is 18.6 Å². The van der Waals surface area contributed by atoms with E-state index in [-0.39, 0.29) is 0 Å². The summed E-state index contributed by atoms with van der Waals surface area (Å²) in [4.78, 5) is 8.47. The van der Waals surface area contributed by atoms with Crippen LogP contribution < -0.4 is 5.73 Å². The van der Waals surface area contributed by atoms with Gasteiger partial charge in [-0.15, -0.1) is 0 Å². The van der Waals surface area contributed by atoms with Crippen LogP contribution in [0.2, 0.25) is 0 Å². The number of nitrogens with two attached hydrogens (primary N) is 1. The molecular formula is C9H8N4S. The lowest BCUT2D eigenvalue weighted by Crippen LogP contribution is -2.13. The number of aromatic nitrogens is 3. The standard InChI is InChI=1S/C9H8N4S/c10-8(14)7-2-1-3-12-9(7)13-5-4-11-6-13/h1-6H,(H2,10,14). The molecule has 0 saturated heterocycles. The summed E-state index contributed by atoms with van der Waals surface area (Å²) in [5.41, 5.74) is 6.33. The van der Waals surface area contributed by atoms with Crippen molar-refractivity contribution in [3.05, 3.63) is 42.6 Å². The van der Waals surface area contributed by atoms with Crippen LogP contribution in [0.1, 0.15) is 5.56 Å². The maximum atomic E-state index is 5.58. The van der Waals surface area contributed by atoms with Crippen molar-refractivity contribution in [3.8, 4) is 5.82 Å². The first kappa shape index (κ1) is 8.83. The Morgan fingerprint density at radius 1 is 1.43 bits per heavy atom. The largest absolute Gasteiger partial charge is 0.389 e. The molecule has 0 aromatic carbocycles. The highest BCUT2D eigenvalue weighted by molar-refractivity contribution is 7.80. The van der Waals surface area contributed by atoms with Crippen molar-refractivity contribution in [3.63, 3.8) is 0 Å². The van der Waals surface area contributed by atoms with Gasteiger partial charge < -0.3 is 5.73 Å². The summed E-state index contributed by atoms with van der Waals surface area (Å²) < 4.78 is 1.77. The highest BCUT2D eigenvalue weighted by Gasteiger charge is 2.06. The molecule has 0 aliphatic carbocycles. The van der Waals surface area contributed by atoms with Crippen molar-refractivity contribution in [1.82, 2.24) is 14.5 Å². The Labute approximate surface area is 86.4 Å². The molecule has 2 aromatic heterocycles. The summed E-state index contributed by atoms with van der Waals surface area (Å²) in [5, 5.41) is 0. The van der Waals surface area contributed by atoms with E-state index in [2.05, 4.69) is 9.97 Å². The van der Waals surface area contributed by atoms with E-state index in [4.69, 9.17) is 18.0 Å². The molecule has 0 amide bonds. The van der Waals surface area contributed by atoms with Gasteiger partial charge >= 0.3 is 0 Å². The van der Waals surface area contributed by atoms with Gasteiger partial charge in [0.05, 0.1) is 5.56 Å². The molecule has 2 heterocycles. The van der Waals surface area contributed by atoms with Crippen LogP contribution in [-0.2, 0) is 0 Å². The Kier molecular flexibility index (Phi) is 2.24. The Hall–Kier alpha value is -1.75. The lowest BCUT2D eigenvalue weighted by Gasteiger charge is -2.06. The third kappa shape index (κ3) is 1.49. The van der Waals surface area contributed by atoms with Crippen molar-refractivity contribution < 1.29 is 0 Å². The van der Waals surface area contributed by atoms with Crippen molar-refractivity contribution in [1.29, 1.82) is 0 Å². The number of hydrogen-bond donors (Lipinski definition) is 1. The zero-order chi connectivity index (χ0) is 9.97. The second-order valence-electron chi connectivity index (χ2n) is 2.71. The monoisotopic (exact) mass is 204 g/mol. The zero-order valence-electron chi connectivity index (χ0n) is 7.29. The number of hydrogen-bond acceptors (Lipinski definition) is 3. The molecule has 4 nitrogen and oxygen atoms in total. The van der Waals surface area contributed by atoms with Gasteiger partial charge in [0.2, 0.25) is 0 Å². The predicted octanol–water partition coefficient (Wildman–Crippen LogP) is 0.901. The third-order valence-electron chi connectivity index (χ3n) is 1.80. The average Bonchev–Trinajstić information content (AvgIpc) is 2.70. The third-order valence-corrected chi connectivity index (χ3v) is 2.02. The van der Waals surface area contributed by atoms with E-state index >= 15 is 0 Å². The van der Waals surface area contributed by atoms with Gasteiger partial charge in [-0.1, -0.05) is 12.2 Å². The first-order valence-electron chi connectivity index (χ1n) is 4.02. The topological polar surface area (TPSA) is 56.7 Å². The van der Waals surface area contributed by atoms with Crippen molar-refractivity contribution in [2.45, 2.75) is 0 Å². The van der Waals surface area contributed by atoms with Crippen molar-refractivity contribution >= 4 is 17.2 Å². The number of thiocarbonyl (C=S) groups is 1. The van der Waals surface area contributed by atoms with Crippen LogP contribution >= 0.6 is 12.2 Å². The second-order valence-corrected chi connectivity index (χ2v) is 3.15. The quantitative estimate of drug-likeness (QED) is 0.738. The molecule has 70 valence electrons. The number of rotatable bonds is 2. The number of pyridine rings is 1. The van der Waals surface area contributed by atoms with Crippen LogP contribution in [0.15, 0.2) is 37.1 Å². The molecule has 2 rings (SSSR count). The fraction of sp³-hybridized carbons (Fsp3) is 0. The normalized spacial score (nSPS) is 10.0. The Balaban J connectivity index is 2.58. The SMILES string of the molecule is NC(=S)c1cccnc1-n1ccnc1.